The second kappa shape index (κ2) is 12.7. The number of para-hydroxylation sites is 3. The van der Waals surface area contributed by atoms with Crippen molar-refractivity contribution in [1.29, 1.82) is 0 Å². The van der Waals surface area contributed by atoms with Crippen molar-refractivity contribution in [3.8, 4) is 16.9 Å². The third-order valence-corrected chi connectivity index (χ3v) is 6.44. The molecule has 202 valence electrons. The third kappa shape index (κ3) is 6.81. The van der Waals surface area contributed by atoms with Crippen molar-refractivity contribution in [2.75, 3.05) is 10.6 Å². The van der Waals surface area contributed by atoms with Gasteiger partial charge in [0.2, 0.25) is 0 Å². The molecule has 0 saturated carbocycles. The summed E-state index contributed by atoms with van der Waals surface area (Å²) < 4.78 is 2.64. The smallest absolute Gasteiger partial charge is 0.322 e. The lowest BCUT2D eigenvalue weighted by atomic mass is 10.1. The van der Waals surface area contributed by atoms with Crippen LogP contribution in [-0.2, 0) is 9.59 Å². The summed E-state index contributed by atoms with van der Waals surface area (Å²) in [6.07, 6.45) is 3.21. The Morgan fingerprint density at radius 1 is 0.756 bits per heavy atom. The van der Waals surface area contributed by atoms with Gasteiger partial charge in [0.05, 0.1) is 23.2 Å². The standard InChI is InChI=1S/C31H23BrN6O3/c32-23-17-15-21(16-18-23)28-22(20-38(37-28)25-11-5-2-6-12-25)19-33-36-31(41)30(40)35-27-14-8-7-13-26(27)29(39)34-24-9-3-1-4-10-24/h1-20H,(H,34,39)(H,35,40)(H,36,41)/b33-19-. The Morgan fingerprint density at radius 3 is 2.15 bits per heavy atom. The van der Waals surface area contributed by atoms with Gasteiger partial charge in [-0.25, -0.2) is 10.1 Å². The van der Waals surface area contributed by atoms with Crippen molar-refractivity contribution in [1.82, 2.24) is 15.2 Å². The van der Waals surface area contributed by atoms with Crippen molar-refractivity contribution in [3.05, 3.63) is 131 Å². The molecule has 3 N–H and O–H groups in total. The highest BCUT2D eigenvalue weighted by molar-refractivity contribution is 9.10. The van der Waals surface area contributed by atoms with Gasteiger partial charge in [-0.1, -0.05) is 76.6 Å². The maximum Gasteiger partial charge on any atom is 0.329 e. The Labute approximate surface area is 244 Å². The molecule has 0 aliphatic heterocycles. The van der Waals surface area contributed by atoms with Gasteiger partial charge in [-0.3, -0.25) is 14.4 Å². The number of halogens is 1. The number of hydrogen-bond acceptors (Lipinski definition) is 5. The number of nitrogens with zero attached hydrogens (tertiary/aromatic N) is 3. The lowest BCUT2D eigenvalue weighted by Crippen LogP contribution is -2.33. The zero-order valence-electron chi connectivity index (χ0n) is 21.5. The minimum Gasteiger partial charge on any atom is -0.322 e. The quantitative estimate of drug-likeness (QED) is 0.126. The zero-order chi connectivity index (χ0) is 28.6. The van der Waals surface area contributed by atoms with Gasteiger partial charge < -0.3 is 10.6 Å². The van der Waals surface area contributed by atoms with Crippen LogP contribution in [0.2, 0.25) is 0 Å². The first-order valence-corrected chi connectivity index (χ1v) is 13.3. The topological polar surface area (TPSA) is 117 Å². The molecular weight excluding hydrogens is 584 g/mol. The number of benzene rings is 4. The summed E-state index contributed by atoms with van der Waals surface area (Å²) in [6.45, 7) is 0. The molecule has 0 bridgehead atoms. The fraction of sp³-hybridized carbons (Fsp3) is 0. The molecular formula is C31H23BrN6O3. The number of hydrazone groups is 1. The Morgan fingerprint density at radius 2 is 1.41 bits per heavy atom. The Bertz CT molecular complexity index is 1720. The summed E-state index contributed by atoms with van der Waals surface area (Å²) >= 11 is 3.44. The van der Waals surface area contributed by atoms with Crippen LogP contribution in [0.5, 0.6) is 0 Å². The summed E-state index contributed by atoms with van der Waals surface area (Å²) in [5.74, 6) is -2.41. The van der Waals surface area contributed by atoms with Crippen molar-refractivity contribution in [3.63, 3.8) is 0 Å². The largest absolute Gasteiger partial charge is 0.329 e. The SMILES string of the molecule is O=C(N/N=C\c1cn(-c2ccccc2)nc1-c1ccc(Br)cc1)C(=O)Nc1ccccc1C(=O)Nc1ccccc1. The van der Waals surface area contributed by atoms with Gasteiger partial charge in [0.25, 0.3) is 5.91 Å². The molecule has 5 rings (SSSR count). The zero-order valence-corrected chi connectivity index (χ0v) is 23.1. The fourth-order valence-corrected chi connectivity index (χ4v) is 4.19. The van der Waals surface area contributed by atoms with Crippen molar-refractivity contribution in [2.45, 2.75) is 0 Å². The normalized spacial score (nSPS) is 10.8. The van der Waals surface area contributed by atoms with Crippen LogP contribution in [0, 0.1) is 0 Å². The lowest BCUT2D eigenvalue weighted by molar-refractivity contribution is -0.136. The van der Waals surface area contributed by atoms with Crippen LogP contribution < -0.4 is 16.1 Å². The molecule has 1 heterocycles. The van der Waals surface area contributed by atoms with E-state index in [0.29, 0.717) is 16.9 Å². The van der Waals surface area contributed by atoms with Crippen molar-refractivity contribution < 1.29 is 14.4 Å². The molecule has 0 spiro atoms. The van der Waals surface area contributed by atoms with Gasteiger partial charge in [0.1, 0.15) is 5.69 Å². The van der Waals surface area contributed by atoms with E-state index in [2.05, 4.69) is 37.1 Å². The minimum absolute atomic E-state index is 0.187. The third-order valence-electron chi connectivity index (χ3n) is 5.91. The first-order valence-electron chi connectivity index (χ1n) is 12.5. The molecule has 0 fully saturated rings. The molecule has 0 unspecified atom stereocenters. The van der Waals surface area contributed by atoms with Crippen LogP contribution in [0.1, 0.15) is 15.9 Å². The van der Waals surface area contributed by atoms with E-state index in [9.17, 15) is 14.4 Å². The lowest BCUT2D eigenvalue weighted by Gasteiger charge is -2.11. The number of aromatic nitrogens is 2. The second-order valence-electron chi connectivity index (χ2n) is 8.74. The number of rotatable bonds is 7. The highest BCUT2D eigenvalue weighted by atomic mass is 79.9. The number of nitrogens with one attached hydrogen (secondary N) is 3. The summed E-state index contributed by atoms with van der Waals surface area (Å²) in [5.41, 5.74) is 6.20. The Kier molecular flexibility index (Phi) is 8.41. The van der Waals surface area contributed by atoms with Crippen LogP contribution in [0.4, 0.5) is 11.4 Å². The predicted octanol–water partition coefficient (Wildman–Crippen LogP) is 5.64. The average Bonchev–Trinajstić information content (AvgIpc) is 3.43. The van der Waals surface area contributed by atoms with Crippen LogP contribution in [0.3, 0.4) is 0 Å². The maximum atomic E-state index is 12.8. The monoisotopic (exact) mass is 606 g/mol. The van der Waals surface area contributed by atoms with Crippen LogP contribution >= 0.6 is 15.9 Å². The van der Waals surface area contributed by atoms with Gasteiger partial charge in [-0.15, -0.1) is 0 Å². The van der Waals surface area contributed by atoms with E-state index in [0.717, 1.165) is 15.7 Å². The second-order valence-corrected chi connectivity index (χ2v) is 9.65. The van der Waals surface area contributed by atoms with Crippen LogP contribution in [0.15, 0.2) is 125 Å². The number of carbonyl (C=O) groups excluding carboxylic acids is 3. The number of amides is 3. The van der Waals surface area contributed by atoms with Gasteiger partial charge >= 0.3 is 11.8 Å². The molecule has 0 atom stereocenters. The summed E-state index contributed by atoms with van der Waals surface area (Å²) in [5, 5.41) is 14.0. The molecule has 3 amide bonds. The van der Waals surface area contributed by atoms with E-state index in [4.69, 9.17) is 5.10 Å². The summed E-state index contributed by atoms with van der Waals surface area (Å²) in [7, 11) is 0. The summed E-state index contributed by atoms with van der Waals surface area (Å²) in [6, 6.07) is 32.5. The number of hydrogen-bond donors (Lipinski definition) is 3. The molecule has 9 nitrogen and oxygen atoms in total. The van der Waals surface area contributed by atoms with E-state index in [1.54, 1.807) is 53.3 Å². The first-order chi connectivity index (χ1) is 20.0. The van der Waals surface area contributed by atoms with Crippen molar-refractivity contribution in [2.24, 2.45) is 5.10 Å². The highest BCUT2D eigenvalue weighted by Crippen LogP contribution is 2.24. The van der Waals surface area contributed by atoms with Gasteiger partial charge in [-0.2, -0.15) is 10.2 Å². The van der Waals surface area contributed by atoms with E-state index < -0.39 is 17.7 Å². The van der Waals surface area contributed by atoms with Gasteiger partial charge in [0, 0.05) is 27.5 Å². The Balaban J connectivity index is 1.30. The highest BCUT2D eigenvalue weighted by Gasteiger charge is 2.18. The molecule has 0 saturated heterocycles. The molecule has 10 heteroatoms. The van der Waals surface area contributed by atoms with Gasteiger partial charge in [0.15, 0.2) is 0 Å². The number of carbonyl (C=O) groups is 3. The van der Waals surface area contributed by atoms with Gasteiger partial charge in [-0.05, 0) is 48.5 Å². The first kappa shape index (κ1) is 27.2. The van der Waals surface area contributed by atoms with E-state index in [-0.39, 0.29) is 11.3 Å². The number of anilines is 2. The molecule has 41 heavy (non-hydrogen) atoms. The van der Waals surface area contributed by atoms with E-state index >= 15 is 0 Å². The fourth-order valence-electron chi connectivity index (χ4n) is 3.93. The van der Waals surface area contributed by atoms with Crippen LogP contribution in [-0.4, -0.2) is 33.7 Å². The average molecular weight is 607 g/mol. The van der Waals surface area contributed by atoms with E-state index in [1.807, 2.05) is 60.7 Å². The van der Waals surface area contributed by atoms with E-state index in [1.165, 1.54) is 12.3 Å². The molecule has 5 aromatic rings. The maximum absolute atomic E-state index is 12.8. The molecule has 0 radical (unpaired) electrons. The molecule has 0 aliphatic rings. The predicted molar refractivity (Wildman–Crippen MR) is 162 cm³/mol. The summed E-state index contributed by atoms with van der Waals surface area (Å²) in [4.78, 5) is 38.0. The minimum atomic E-state index is -1.000. The molecule has 4 aromatic carbocycles. The van der Waals surface area contributed by atoms with Crippen LogP contribution in [0.25, 0.3) is 16.9 Å². The van der Waals surface area contributed by atoms with Crippen molar-refractivity contribution >= 4 is 51.2 Å². The Hall–Kier alpha value is -5.35. The molecule has 1 aromatic heterocycles. The molecule has 0 aliphatic carbocycles.